The molecular formula is C35H48N4. The Labute approximate surface area is 237 Å². The van der Waals surface area contributed by atoms with Crippen LogP contribution in [0.5, 0.6) is 0 Å². The van der Waals surface area contributed by atoms with Gasteiger partial charge in [-0.2, -0.15) is 0 Å². The first kappa shape index (κ1) is 27.7. The van der Waals surface area contributed by atoms with E-state index in [1.807, 2.05) is 0 Å². The summed E-state index contributed by atoms with van der Waals surface area (Å²) in [5.74, 6) is 2.66. The molecule has 0 bridgehead atoms. The molecule has 0 aromatic carbocycles. The van der Waals surface area contributed by atoms with Crippen molar-refractivity contribution in [3.05, 3.63) is 94.7 Å². The van der Waals surface area contributed by atoms with Gasteiger partial charge in [-0.25, -0.2) is 4.99 Å². The highest BCUT2D eigenvalue weighted by Gasteiger charge is 2.33. The molecule has 0 amide bonds. The number of nitrogens with zero attached hydrogens (tertiary/aromatic N) is 4. The summed E-state index contributed by atoms with van der Waals surface area (Å²) in [5, 5.41) is 0. The highest BCUT2D eigenvalue weighted by molar-refractivity contribution is 5.99. The minimum Gasteiger partial charge on any atom is -0.370 e. The lowest BCUT2D eigenvalue weighted by Gasteiger charge is -2.39. The number of allylic oxidation sites excluding steroid dienone is 9. The fraction of sp³-hybridized carbons (Fsp3) is 0.514. The van der Waals surface area contributed by atoms with E-state index >= 15 is 0 Å². The molecule has 2 fully saturated rings. The second-order valence-corrected chi connectivity index (χ2v) is 12.2. The molecule has 3 atom stereocenters. The average Bonchev–Trinajstić information content (AvgIpc) is 3.20. The molecule has 1 saturated heterocycles. The van der Waals surface area contributed by atoms with Crippen molar-refractivity contribution in [2.24, 2.45) is 22.7 Å². The minimum absolute atomic E-state index is 0.492. The number of hydrogen-bond acceptors (Lipinski definition) is 4. The van der Waals surface area contributed by atoms with E-state index in [9.17, 15) is 0 Å². The van der Waals surface area contributed by atoms with E-state index < -0.39 is 0 Å². The van der Waals surface area contributed by atoms with Crippen molar-refractivity contribution in [3.63, 3.8) is 0 Å². The maximum atomic E-state index is 5.17. The molecule has 3 heterocycles. The third-order valence-corrected chi connectivity index (χ3v) is 9.62. The molecule has 39 heavy (non-hydrogen) atoms. The quantitative estimate of drug-likeness (QED) is 0.251. The molecular weight excluding hydrogens is 476 g/mol. The van der Waals surface area contributed by atoms with Crippen molar-refractivity contribution in [2.45, 2.75) is 72.3 Å². The van der Waals surface area contributed by atoms with Crippen LogP contribution in [0.3, 0.4) is 0 Å². The van der Waals surface area contributed by atoms with Gasteiger partial charge in [0, 0.05) is 31.0 Å². The average molecular weight is 525 g/mol. The fourth-order valence-electron chi connectivity index (χ4n) is 7.08. The Morgan fingerprint density at radius 3 is 2.51 bits per heavy atom. The van der Waals surface area contributed by atoms with Crippen LogP contribution in [0.2, 0.25) is 0 Å². The Bertz CT molecular complexity index is 1220. The van der Waals surface area contributed by atoms with Gasteiger partial charge in [-0.1, -0.05) is 55.9 Å². The molecule has 3 aliphatic heterocycles. The van der Waals surface area contributed by atoms with Gasteiger partial charge in [-0.05, 0) is 114 Å². The molecule has 3 unspecified atom stereocenters. The number of aliphatic imine (C=N–C) groups is 1. The van der Waals surface area contributed by atoms with Crippen LogP contribution in [0.15, 0.2) is 99.7 Å². The molecule has 4 heteroatoms. The van der Waals surface area contributed by atoms with Gasteiger partial charge >= 0.3 is 0 Å². The van der Waals surface area contributed by atoms with Crippen molar-refractivity contribution >= 4 is 5.84 Å². The molecule has 0 radical (unpaired) electrons. The van der Waals surface area contributed by atoms with Gasteiger partial charge in [0.15, 0.2) is 0 Å². The first-order valence-electron chi connectivity index (χ1n) is 15.2. The number of piperidine rings is 1. The molecule has 4 nitrogen and oxygen atoms in total. The number of amidine groups is 1. The second kappa shape index (κ2) is 11.7. The van der Waals surface area contributed by atoms with Gasteiger partial charge in [0.25, 0.3) is 0 Å². The van der Waals surface area contributed by atoms with E-state index in [4.69, 9.17) is 4.99 Å². The Hall–Kier alpha value is -2.85. The minimum atomic E-state index is 0.492. The Kier molecular flexibility index (Phi) is 8.32. The van der Waals surface area contributed by atoms with E-state index in [0.717, 1.165) is 30.2 Å². The molecule has 0 aromatic heterocycles. The molecule has 0 spiro atoms. The van der Waals surface area contributed by atoms with Crippen LogP contribution in [0.1, 0.15) is 66.2 Å². The van der Waals surface area contributed by atoms with E-state index in [0.29, 0.717) is 23.8 Å². The summed E-state index contributed by atoms with van der Waals surface area (Å²) in [6.07, 6.45) is 25.5. The van der Waals surface area contributed by atoms with Gasteiger partial charge in [0.05, 0.1) is 11.4 Å². The normalized spacial score (nSPS) is 28.0. The zero-order valence-electron chi connectivity index (χ0n) is 25.1. The standard InChI is InChI=1S/C35H48N4/c1-8-27(14-13-24(3)35-26(5)21-25(4)31(35)9-2)32-22-33(28-11-10-12-28)39-23-30(15-16-34(39)36-32)38-19-17-29(18-20-38)37(6)7/h8,13-16,21-23,26,29,31,35H,3,9-12,17-20H2,1-2,4-7H3/b14-13-,27-8+. The molecule has 208 valence electrons. The van der Waals surface area contributed by atoms with Gasteiger partial charge in [-0.15, -0.1) is 0 Å². The molecule has 5 rings (SSSR count). The number of hydrogen-bond donors (Lipinski definition) is 0. The first-order valence-corrected chi connectivity index (χ1v) is 15.2. The monoisotopic (exact) mass is 524 g/mol. The third kappa shape index (κ3) is 5.59. The third-order valence-electron chi connectivity index (χ3n) is 9.62. The van der Waals surface area contributed by atoms with Crippen LogP contribution in [0.25, 0.3) is 0 Å². The van der Waals surface area contributed by atoms with Gasteiger partial charge < -0.3 is 9.80 Å². The smallest absolute Gasteiger partial charge is 0.137 e. The molecule has 1 saturated carbocycles. The largest absolute Gasteiger partial charge is 0.370 e. The fourth-order valence-corrected chi connectivity index (χ4v) is 7.08. The van der Waals surface area contributed by atoms with E-state index in [-0.39, 0.29) is 0 Å². The maximum Gasteiger partial charge on any atom is 0.137 e. The summed E-state index contributed by atoms with van der Waals surface area (Å²) < 4.78 is 0. The van der Waals surface area contributed by atoms with Crippen molar-refractivity contribution < 1.29 is 0 Å². The predicted octanol–water partition coefficient (Wildman–Crippen LogP) is 7.76. The molecule has 2 aliphatic carbocycles. The van der Waals surface area contributed by atoms with Crippen molar-refractivity contribution in [1.82, 2.24) is 14.7 Å². The summed E-state index contributed by atoms with van der Waals surface area (Å²) in [6.45, 7) is 15.8. The van der Waals surface area contributed by atoms with E-state index in [1.165, 1.54) is 61.1 Å². The van der Waals surface area contributed by atoms with E-state index in [1.54, 1.807) is 5.57 Å². The highest BCUT2D eigenvalue weighted by atomic mass is 15.2. The summed E-state index contributed by atoms with van der Waals surface area (Å²) in [6, 6.07) is 0.688. The number of rotatable bonds is 7. The predicted molar refractivity (Wildman–Crippen MR) is 166 cm³/mol. The lowest BCUT2D eigenvalue weighted by molar-refractivity contribution is 0.172. The van der Waals surface area contributed by atoms with Gasteiger partial charge in [-0.3, -0.25) is 4.90 Å². The van der Waals surface area contributed by atoms with Crippen LogP contribution in [-0.4, -0.2) is 53.8 Å². The van der Waals surface area contributed by atoms with Crippen molar-refractivity contribution in [2.75, 3.05) is 27.2 Å². The van der Waals surface area contributed by atoms with Crippen LogP contribution < -0.4 is 0 Å². The topological polar surface area (TPSA) is 22.1 Å². The lowest BCUT2D eigenvalue weighted by atomic mass is 9.80. The first-order chi connectivity index (χ1) is 18.8. The maximum absolute atomic E-state index is 5.17. The lowest BCUT2D eigenvalue weighted by Crippen LogP contribution is -2.42. The zero-order chi connectivity index (χ0) is 27.7. The van der Waals surface area contributed by atoms with Gasteiger partial charge in [0.2, 0.25) is 0 Å². The molecule has 0 aromatic rings. The number of fused-ring (bicyclic) bond motifs is 1. The summed E-state index contributed by atoms with van der Waals surface area (Å²) in [5.41, 5.74) is 9.15. The van der Waals surface area contributed by atoms with Crippen LogP contribution >= 0.6 is 0 Å². The zero-order valence-corrected chi connectivity index (χ0v) is 25.1. The Morgan fingerprint density at radius 1 is 1.15 bits per heavy atom. The van der Waals surface area contributed by atoms with Gasteiger partial charge in [0.1, 0.15) is 5.84 Å². The second-order valence-electron chi connectivity index (χ2n) is 12.2. The van der Waals surface area contributed by atoms with E-state index in [2.05, 4.69) is 112 Å². The van der Waals surface area contributed by atoms with Crippen LogP contribution in [0.4, 0.5) is 0 Å². The summed E-state index contributed by atoms with van der Waals surface area (Å²) in [4.78, 5) is 12.4. The van der Waals surface area contributed by atoms with Crippen molar-refractivity contribution in [1.29, 1.82) is 0 Å². The number of likely N-dealkylation sites (tertiary alicyclic amines) is 1. The highest BCUT2D eigenvalue weighted by Crippen LogP contribution is 2.42. The van der Waals surface area contributed by atoms with Crippen LogP contribution in [0, 0.1) is 17.8 Å². The Morgan fingerprint density at radius 2 is 1.90 bits per heavy atom. The SMILES string of the molecule is C=C(/C=C\C(=C/C)C1=CC(=C2CCC2)N2C=C(N3CCC(N(C)C)CC3)C=CC2=N1)C1C(C)C=C(C)C1CC. The molecule has 0 N–H and O–H groups in total. The summed E-state index contributed by atoms with van der Waals surface area (Å²) in [7, 11) is 4.41. The van der Waals surface area contributed by atoms with Crippen molar-refractivity contribution in [3.8, 4) is 0 Å². The summed E-state index contributed by atoms with van der Waals surface area (Å²) >= 11 is 0. The molecule has 5 aliphatic rings. The Balaban J connectivity index is 1.36. The van der Waals surface area contributed by atoms with Crippen LogP contribution in [-0.2, 0) is 0 Å².